The zero-order valence-electron chi connectivity index (χ0n) is 25.1. The van der Waals surface area contributed by atoms with Gasteiger partial charge in [-0.3, -0.25) is 4.79 Å². The van der Waals surface area contributed by atoms with Crippen LogP contribution in [0.4, 0.5) is 0 Å². The number of imidazole rings is 1. The second kappa shape index (κ2) is 13.1. The van der Waals surface area contributed by atoms with Gasteiger partial charge in [0, 0.05) is 61.8 Å². The maximum Gasteiger partial charge on any atom is 0.323 e. The van der Waals surface area contributed by atoms with E-state index in [1.807, 2.05) is 35.2 Å². The van der Waals surface area contributed by atoms with E-state index in [4.69, 9.17) is 14.2 Å². The quantitative estimate of drug-likeness (QED) is 0.290. The summed E-state index contributed by atoms with van der Waals surface area (Å²) in [6.07, 6.45) is 10.8. The molecule has 2 aliphatic heterocycles. The number of allylic oxidation sites excluding steroid dienone is 3. The van der Waals surface area contributed by atoms with E-state index in [0.717, 1.165) is 18.5 Å². The van der Waals surface area contributed by atoms with Crippen molar-refractivity contribution in [2.45, 2.75) is 32.2 Å². The minimum Gasteiger partial charge on any atom is -0.491 e. The lowest BCUT2D eigenvalue weighted by molar-refractivity contribution is -0.131. The van der Waals surface area contributed by atoms with Gasteiger partial charge in [-0.25, -0.2) is 9.79 Å². The molecule has 2 aromatic carbocycles. The predicted molar refractivity (Wildman–Crippen MR) is 170 cm³/mol. The Labute approximate surface area is 256 Å². The Bertz CT molecular complexity index is 1670. The number of rotatable bonds is 12. The van der Waals surface area contributed by atoms with E-state index < -0.39 is 0 Å². The van der Waals surface area contributed by atoms with E-state index in [-0.39, 0.29) is 23.1 Å². The fourth-order valence-corrected chi connectivity index (χ4v) is 5.41. The molecule has 1 saturated heterocycles. The number of nitrogens with zero attached hydrogens (tertiary/aromatic N) is 2. The third-order valence-corrected chi connectivity index (χ3v) is 7.93. The number of ether oxygens (including phenoxy) is 3. The number of para-hydroxylation sites is 1. The number of morpholine rings is 1. The first kappa shape index (κ1) is 29.7. The third-order valence-electron chi connectivity index (χ3n) is 7.93. The molecule has 1 atom stereocenters. The fourth-order valence-electron chi connectivity index (χ4n) is 5.41. The molecule has 1 aliphatic carbocycles. The van der Waals surface area contributed by atoms with Crippen LogP contribution in [0.3, 0.4) is 0 Å². The van der Waals surface area contributed by atoms with Crippen molar-refractivity contribution in [2.75, 3.05) is 39.5 Å². The van der Waals surface area contributed by atoms with Crippen molar-refractivity contribution in [1.29, 1.82) is 0 Å². The molecule has 1 radical (unpaired) electrons. The zero-order valence-corrected chi connectivity index (χ0v) is 25.1. The van der Waals surface area contributed by atoms with Crippen LogP contribution < -0.4 is 20.5 Å². The summed E-state index contributed by atoms with van der Waals surface area (Å²) in [5.74, 6) is 2.01. The first-order chi connectivity index (χ1) is 21.3. The number of nitrogens with one attached hydrogen (secondary N) is 3. The molecule has 3 aliphatic rings. The molecule has 1 fully saturated rings. The van der Waals surface area contributed by atoms with E-state index >= 15 is 0 Å². The second-order valence-corrected chi connectivity index (χ2v) is 11.9. The van der Waals surface area contributed by atoms with Crippen LogP contribution in [0.1, 0.15) is 25.8 Å². The predicted octanol–water partition coefficient (Wildman–Crippen LogP) is 4.09. The van der Waals surface area contributed by atoms with Crippen LogP contribution in [0.25, 0.3) is 11.0 Å². The molecule has 10 heteroatoms. The molecule has 0 saturated carbocycles. The molecule has 229 valence electrons. The van der Waals surface area contributed by atoms with Crippen LogP contribution in [-0.2, 0) is 16.0 Å². The lowest BCUT2D eigenvalue weighted by atomic mass is 9.93. The van der Waals surface area contributed by atoms with Gasteiger partial charge in [-0.2, -0.15) is 0 Å². The number of carbonyl (C=O) groups is 1. The van der Waals surface area contributed by atoms with Gasteiger partial charge >= 0.3 is 5.69 Å². The van der Waals surface area contributed by atoms with Crippen molar-refractivity contribution in [3.05, 3.63) is 100 Å². The SMILES string of the molecule is CC(C)(Cc1ccc(OC2=CC=C(C(=O)N3CCOCC3)CC=N2)cc1)NC[C@@H](COc1cccc2[nH]c(=O)[nH]c12)C1=C[CH]1. The van der Waals surface area contributed by atoms with E-state index in [1.54, 1.807) is 18.4 Å². The Morgan fingerprint density at radius 2 is 1.89 bits per heavy atom. The molecule has 0 bridgehead atoms. The summed E-state index contributed by atoms with van der Waals surface area (Å²) in [6, 6.07) is 13.6. The van der Waals surface area contributed by atoms with Crippen LogP contribution in [0.5, 0.6) is 11.5 Å². The molecule has 44 heavy (non-hydrogen) atoms. The summed E-state index contributed by atoms with van der Waals surface area (Å²) in [5, 5.41) is 3.72. The highest BCUT2D eigenvalue weighted by Gasteiger charge is 2.26. The minimum absolute atomic E-state index is 0.0237. The van der Waals surface area contributed by atoms with Crippen molar-refractivity contribution in [3.63, 3.8) is 0 Å². The molecular weight excluding hydrogens is 558 g/mol. The number of fused-ring (bicyclic) bond motifs is 1. The number of H-pyrrole nitrogens is 2. The van der Waals surface area contributed by atoms with Gasteiger partial charge in [0.15, 0.2) is 0 Å². The van der Waals surface area contributed by atoms with Gasteiger partial charge in [0.05, 0.1) is 25.3 Å². The summed E-state index contributed by atoms with van der Waals surface area (Å²) in [4.78, 5) is 36.4. The number of aromatic amines is 2. The molecule has 3 N–H and O–H groups in total. The lowest BCUT2D eigenvalue weighted by Gasteiger charge is -2.29. The second-order valence-electron chi connectivity index (χ2n) is 11.9. The fraction of sp³-hybridized carbons (Fsp3) is 0.353. The number of carbonyl (C=O) groups excluding carboxylic acids is 1. The van der Waals surface area contributed by atoms with Crippen LogP contribution in [0.2, 0.25) is 0 Å². The first-order valence-electron chi connectivity index (χ1n) is 15.0. The van der Waals surface area contributed by atoms with Crippen molar-refractivity contribution < 1.29 is 19.0 Å². The van der Waals surface area contributed by atoms with Crippen LogP contribution in [0, 0.1) is 12.3 Å². The Morgan fingerprint density at radius 3 is 2.66 bits per heavy atom. The topological polar surface area (TPSA) is 121 Å². The summed E-state index contributed by atoms with van der Waals surface area (Å²) in [5.41, 5.74) is 4.16. The average Bonchev–Trinajstić information content (AvgIpc) is 3.82. The van der Waals surface area contributed by atoms with Gasteiger partial charge in [0.1, 0.15) is 17.0 Å². The minimum atomic E-state index is -0.243. The normalized spacial score (nSPS) is 17.4. The molecule has 1 amide bonds. The smallest absolute Gasteiger partial charge is 0.323 e. The number of aliphatic imine (C=N–C) groups is 1. The highest BCUT2D eigenvalue weighted by molar-refractivity contribution is 5.97. The van der Waals surface area contributed by atoms with E-state index in [9.17, 15) is 9.59 Å². The largest absolute Gasteiger partial charge is 0.491 e. The highest BCUT2D eigenvalue weighted by Crippen LogP contribution is 2.29. The summed E-state index contributed by atoms with van der Waals surface area (Å²) in [7, 11) is 0. The van der Waals surface area contributed by atoms with Gasteiger partial charge in [0.2, 0.25) is 11.8 Å². The molecule has 10 nitrogen and oxygen atoms in total. The maximum absolute atomic E-state index is 12.8. The summed E-state index contributed by atoms with van der Waals surface area (Å²) >= 11 is 0. The molecule has 0 spiro atoms. The van der Waals surface area contributed by atoms with Crippen molar-refractivity contribution in [1.82, 2.24) is 20.2 Å². The van der Waals surface area contributed by atoms with Crippen molar-refractivity contribution in [2.24, 2.45) is 10.9 Å². The van der Waals surface area contributed by atoms with E-state index in [2.05, 4.69) is 58.8 Å². The van der Waals surface area contributed by atoms with Gasteiger partial charge in [0.25, 0.3) is 0 Å². The van der Waals surface area contributed by atoms with Gasteiger partial charge in [-0.15, -0.1) is 0 Å². The Balaban J connectivity index is 1.01. The number of benzene rings is 2. The monoisotopic (exact) mass is 596 g/mol. The van der Waals surface area contributed by atoms with Gasteiger partial charge < -0.3 is 34.4 Å². The third kappa shape index (κ3) is 7.56. The van der Waals surface area contributed by atoms with Crippen molar-refractivity contribution >= 4 is 23.2 Å². The number of aromatic nitrogens is 2. The Hall–Kier alpha value is -4.41. The van der Waals surface area contributed by atoms with Gasteiger partial charge in [-0.1, -0.05) is 29.8 Å². The molecule has 3 aromatic rings. The molecular formula is C34H38N5O5. The standard InChI is InChI=1S/C34H38N5O5/c1-34(2,36-21-26(24-8-9-24)22-43-29-5-3-4-28-31(29)38-33(41)37-28)20-23-6-11-27(12-7-23)44-30-13-10-25(14-15-35-30)32(40)39-16-18-42-19-17-39/h3-13,15,26,36H,14,16-22H2,1-2H3,(H2,37,38,41)/t26-/m0/s1. The maximum atomic E-state index is 12.8. The number of amides is 1. The van der Waals surface area contributed by atoms with E-state index in [1.165, 1.54) is 11.1 Å². The lowest BCUT2D eigenvalue weighted by Crippen LogP contribution is -2.44. The van der Waals surface area contributed by atoms with Crippen molar-refractivity contribution in [3.8, 4) is 11.5 Å². The number of hydrogen-bond donors (Lipinski definition) is 3. The molecule has 1 aromatic heterocycles. The zero-order chi connectivity index (χ0) is 30.5. The van der Waals surface area contributed by atoms with Gasteiger partial charge in [-0.05, 0) is 56.2 Å². The number of hydrogen-bond acceptors (Lipinski definition) is 7. The average molecular weight is 597 g/mol. The van der Waals surface area contributed by atoms with Crippen LogP contribution in [-0.4, -0.2) is 72.0 Å². The Morgan fingerprint density at radius 1 is 1.09 bits per heavy atom. The molecule has 3 heterocycles. The van der Waals surface area contributed by atoms with Crippen LogP contribution in [0.15, 0.2) is 87.5 Å². The Kier molecular flexibility index (Phi) is 8.81. The molecule has 6 rings (SSSR count). The van der Waals surface area contributed by atoms with Crippen LogP contribution >= 0.6 is 0 Å². The molecule has 0 unspecified atom stereocenters. The summed E-state index contributed by atoms with van der Waals surface area (Å²) in [6.45, 7) is 8.01. The highest BCUT2D eigenvalue weighted by atomic mass is 16.5. The summed E-state index contributed by atoms with van der Waals surface area (Å²) < 4.78 is 17.5. The van der Waals surface area contributed by atoms with E-state index in [0.29, 0.717) is 67.8 Å². The first-order valence-corrected chi connectivity index (χ1v) is 15.0.